The van der Waals surface area contributed by atoms with Gasteiger partial charge < -0.3 is 22.7 Å². The van der Waals surface area contributed by atoms with Crippen LogP contribution in [0.3, 0.4) is 0 Å². The summed E-state index contributed by atoms with van der Waals surface area (Å²) < 4.78 is 18.8. The Hall–Kier alpha value is -11.9. The van der Waals surface area contributed by atoms with Crippen molar-refractivity contribution >= 4 is 146 Å². The summed E-state index contributed by atoms with van der Waals surface area (Å²) in [5.74, 6) is 0. The summed E-state index contributed by atoms with van der Waals surface area (Å²) in [7, 11) is 0. The molecule has 0 amide bonds. The standard InChI is InChI=1S/C80H44N6OS/c1-82-72-73(85-68-42-36-50(48-22-6-3-7-23-48)45-62(68)58-39-41-60-56-29-13-19-35-71(56)88-80(60)76(58)85)63(46-81)74(83-64-30-14-8-24-51(64)52-25-9-15-31-65(52)83)78(77(72)84-66-32-16-10-26-53(66)54-27-11-17-33-67(54)84)86-69-43-37-49(47-20-4-2-5-21-47)44-61(69)57-38-40-59-55-28-12-18-34-70(55)87-79(59)75(57)86/h2-45H. The van der Waals surface area contributed by atoms with E-state index in [4.69, 9.17) is 9.26 Å². The average molecular weight is 1140 g/mol. The fourth-order valence-electron chi connectivity index (χ4n) is 14.7. The molecular weight excluding hydrogens is 1090 g/mol. The van der Waals surface area contributed by atoms with Crippen LogP contribution in [0.15, 0.2) is 271 Å². The van der Waals surface area contributed by atoms with Crippen LogP contribution in [0.4, 0.5) is 5.69 Å². The van der Waals surface area contributed by atoms with E-state index in [0.29, 0.717) is 39.6 Å². The van der Waals surface area contributed by atoms with E-state index >= 15 is 0 Å². The van der Waals surface area contributed by atoms with Crippen molar-refractivity contribution in [2.24, 2.45) is 0 Å². The van der Waals surface area contributed by atoms with Crippen LogP contribution >= 0.6 is 11.3 Å². The summed E-state index contributed by atoms with van der Waals surface area (Å²) in [6.45, 7) is 10.2. The topological polar surface area (TPSA) is 61.0 Å². The van der Waals surface area contributed by atoms with Gasteiger partial charge in [-0.25, -0.2) is 4.85 Å². The predicted molar refractivity (Wildman–Crippen MR) is 366 cm³/mol. The Labute approximate surface area is 506 Å². The van der Waals surface area contributed by atoms with Crippen molar-refractivity contribution in [1.29, 1.82) is 5.26 Å². The number of furan rings is 1. The van der Waals surface area contributed by atoms with E-state index < -0.39 is 0 Å². The normalized spacial score (nSPS) is 12.1. The number of nitriles is 1. The van der Waals surface area contributed by atoms with Crippen molar-refractivity contribution in [3.8, 4) is 51.1 Å². The molecule has 0 unspecified atom stereocenters. The molecule has 0 radical (unpaired) electrons. The van der Waals surface area contributed by atoms with Crippen molar-refractivity contribution in [3.63, 3.8) is 0 Å². The van der Waals surface area contributed by atoms with Gasteiger partial charge in [-0.2, -0.15) is 5.26 Å². The summed E-state index contributed by atoms with van der Waals surface area (Å²) in [5, 5.41) is 25.4. The van der Waals surface area contributed by atoms with E-state index in [0.717, 1.165) is 146 Å². The number of hydrogen-bond acceptors (Lipinski definition) is 3. The molecule has 0 saturated heterocycles. The minimum absolute atomic E-state index is 0.319. The number of nitrogens with zero attached hydrogens (tertiary/aromatic N) is 6. The highest BCUT2D eigenvalue weighted by Gasteiger charge is 2.36. The van der Waals surface area contributed by atoms with Crippen LogP contribution in [0, 0.1) is 17.9 Å². The summed E-state index contributed by atoms with van der Waals surface area (Å²) >= 11 is 1.75. The van der Waals surface area contributed by atoms with Gasteiger partial charge >= 0.3 is 0 Å². The molecule has 0 aliphatic carbocycles. The molecule has 6 heterocycles. The lowest BCUT2D eigenvalue weighted by Crippen LogP contribution is -2.14. The molecule has 0 saturated carbocycles. The van der Waals surface area contributed by atoms with E-state index in [9.17, 15) is 11.8 Å². The molecule has 13 aromatic carbocycles. The average Bonchev–Trinajstić information content (AvgIpc) is 1.48. The zero-order valence-corrected chi connectivity index (χ0v) is 47.7. The Balaban J connectivity index is 1.12. The summed E-state index contributed by atoms with van der Waals surface area (Å²) in [6, 6.07) is 97.4. The van der Waals surface area contributed by atoms with Crippen LogP contribution in [0.5, 0.6) is 0 Å². The number of para-hydroxylation sites is 5. The molecule has 0 spiro atoms. The Morgan fingerprint density at radius 2 is 0.784 bits per heavy atom. The van der Waals surface area contributed by atoms with E-state index in [1.54, 1.807) is 11.3 Å². The smallest absolute Gasteiger partial charge is 0.237 e. The van der Waals surface area contributed by atoms with Gasteiger partial charge in [-0.05, 0) is 89.0 Å². The molecule has 8 heteroatoms. The fraction of sp³-hybridized carbons (Fsp3) is 0. The second kappa shape index (κ2) is 18.3. The third kappa shape index (κ3) is 6.53. The second-order valence-corrected chi connectivity index (χ2v) is 23.9. The van der Waals surface area contributed by atoms with Crippen molar-refractivity contribution in [1.82, 2.24) is 18.3 Å². The van der Waals surface area contributed by atoms with Crippen molar-refractivity contribution in [2.45, 2.75) is 0 Å². The first-order valence-corrected chi connectivity index (χ1v) is 30.3. The third-order valence-electron chi connectivity index (χ3n) is 18.4. The summed E-state index contributed by atoms with van der Waals surface area (Å²) in [4.78, 5) is 4.95. The molecule has 0 atom stereocenters. The minimum atomic E-state index is 0.319. The SMILES string of the molecule is [C-]#[N+]c1c(-n2c3ccccc3c3ccccc32)c(-n2c3ccc(-c4ccccc4)cc3c3ccc4c5ccccc5oc4c32)c(-n2c3ccccc3c3ccccc32)c(C#N)c1-n1c2ccc(-c3ccccc3)cc2c2ccc3c4ccccc4sc3c21. The first-order chi connectivity index (χ1) is 43.6. The number of aromatic nitrogens is 4. The molecule has 0 N–H and O–H groups in total. The maximum absolute atomic E-state index is 13.1. The van der Waals surface area contributed by atoms with Gasteiger partial charge in [-0.1, -0.05) is 200 Å². The minimum Gasteiger partial charge on any atom is -0.454 e. The lowest BCUT2D eigenvalue weighted by Gasteiger charge is -2.27. The first-order valence-electron chi connectivity index (χ1n) is 29.5. The molecule has 6 aromatic heterocycles. The highest BCUT2D eigenvalue weighted by molar-refractivity contribution is 7.26. The van der Waals surface area contributed by atoms with Crippen LogP contribution in [-0.4, -0.2) is 18.3 Å². The second-order valence-electron chi connectivity index (χ2n) is 22.8. The number of fused-ring (bicyclic) bond motifs is 20. The molecule has 19 rings (SSSR count). The molecular formula is C80H44N6OS. The Morgan fingerprint density at radius 1 is 0.341 bits per heavy atom. The highest BCUT2D eigenvalue weighted by atomic mass is 32.1. The van der Waals surface area contributed by atoms with Crippen LogP contribution in [0.2, 0.25) is 0 Å². The molecule has 0 bridgehead atoms. The van der Waals surface area contributed by atoms with Crippen LogP contribution in [-0.2, 0) is 0 Å². The lowest BCUT2D eigenvalue weighted by atomic mass is 10.0. The quantitative estimate of drug-likeness (QED) is 0.156. The van der Waals surface area contributed by atoms with E-state index in [-0.39, 0.29) is 0 Å². The van der Waals surface area contributed by atoms with Crippen LogP contribution in [0.25, 0.3) is 179 Å². The van der Waals surface area contributed by atoms with E-state index in [1.807, 2.05) is 12.1 Å². The van der Waals surface area contributed by atoms with Gasteiger partial charge in [0.15, 0.2) is 5.58 Å². The van der Waals surface area contributed by atoms with Crippen LogP contribution < -0.4 is 0 Å². The van der Waals surface area contributed by atoms with Gasteiger partial charge in [0.25, 0.3) is 0 Å². The number of hydrogen-bond donors (Lipinski definition) is 0. The Bertz CT molecular complexity index is 6070. The monoisotopic (exact) mass is 1140 g/mol. The fourth-order valence-corrected chi connectivity index (χ4v) is 16.0. The van der Waals surface area contributed by atoms with Gasteiger partial charge in [0.05, 0.1) is 83.7 Å². The maximum Gasteiger partial charge on any atom is 0.237 e. The van der Waals surface area contributed by atoms with Gasteiger partial charge in [-0.15, -0.1) is 11.3 Å². The van der Waals surface area contributed by atoms with E-state index in [1.165, 1.54) is 0 Å². The number of rotatable bonds is 6. The number of benzene rings is 13. The van der Waals surface area contributed by atoms with Crippen molar-refractivity contribution < 1.29 is 4.42 Å². The molecule has 19 aromatic rings. The van der Waals surface area contributed by atoms with Crippen molar-refractivity contribution in [3.05, 3.63) is 284 Å². The molecule has 7 nitrogen and oxygen atoms in total. The van der Waals surface area contributed by atoms with Gasteiger partial charge in [0, 0.05) is 69.3 Å². The molecule has 406 valence electrons. The van der Waals surface area contributed by atoms with Crippen molar-refractivity contribution in [2.75, 3.05) is 0 Å². The van der Waals surface area contributed by atoms with E-state index in [2.05, 4.69) is 279 Å². The third-order valence-corrected chi connectivity index (χ3v) is 19.6. The largest absolute Gasteiger partial charge is 0.454 e. The molecule has 0 fully saturated rings. The number of thiophene rings is 1. The Kier molecular flexibility index (Phi) is 10.1. The Morgan fingerprint density at radius 3 is 1.34 bits per heavy atom. The zero-order valence-electron chi connectivity index (χ0n) is 46.9. The van der Waals surface area contributed by atoms with Gasteiger partial charge in [0.2, 0.25) is 5.69 Å². The maximum atomic E-state index is 13.1. The predicted octanol–water partition coefficient (Wildman–Crippen LogP) is 22.1. The molecule has 0 aliphatic rings. The molecule has 0 aliphatic heterocycles. The van der Waals surface area contributed by atoms with Crippen LogP contribution in [0.1, 0.15) is 5.56 Å². The zero-order chi connectivity index (χ0) is 57.9. The van der Waals surface area contributed by atoms with Gasteiger partial charge in [0.1, 0.15) is 11.7 Å². The summed E-state index contributed by atoms with van der Waals surface area (Å²) in [5.41, 5.74) is 16.0. The first kappa shape index (κ1) is 48.4. The summed E-state index contributed by atoms with van der Waals surface area (Å²) in [6.07, 6.45) is 0. The lowest BCUT2D eigenvalue weighted by molar-refractivity contribution is 0.671. The van der Waals surface area contributed by atoms with Gasteiger partial charge in [-0.3, -0.25) is 0 Å². The molecule has 88 heavy (non-hydrogen) atoms. The highest BCUT2D eigenvalue weighted by Crippen LogP contribution is 2.54.